The van der Waals surface area contributed by atoms with Crippen LogP contribution in [0.1, 0.15) is 41.4 Å². The van der Waals surface area contributed by atoms with Gasteiger partial charge in [0.2, 0.25) is 11.9 Å². The summed E-state index contributed by atoms with van der Waals surface area (Å²) in [6, 6.07) is 6.46. The molecule has 0 saturated heterocycles. The van der Waals surface area contributed by atoms with Crippen molar-refractivity contribution in [1.29, 1.82) is 0 Å². The number of hydrogen-bond acceptors (Lipinski definition) is 5. The fourth-order valence-corrected chi connectivity index (χ4v) is 2.65. The molecule has 2 amide bonds. The molecule has 0 atom stereocenters. The molecule has 2 N–H and O–H groups in total. The zero-order valence-corrected chi connectivity index (χ0v) is 17.4. The maximum atomic E-state index is 13.6. The van der Waals surface area contributed by atoms with Crippen LogP contribution in [0, 0.1) is 12.8 Å². The van der Waals surface area contributed by atoms with Gasteiger partial charge in [-0.3, -0.25) is 14.9 Å². The Bertz CT molecular complexity index is 1010. The normalized spacial score (nSPS) is 13.4. The highest BCUT2D eigenvalue weighted by atomic mass is 19.3. The van der Waals surface area contributed by atoms with Crippen molar-refractivity contribution in [2.45, 2.75) is 39.2 Å². The summed E-state index contributed by atoms with van der Waals surface area (Å²) in [5, 5.41) is 5.34. The van der Waals surface area contributed by atoms with Gasteiger partial charge in [0, 0.05) is 18.7 Å². The number of anilines is 1. The standard InChI is InChI=1S/C22H24F2N4O3/c1-13(2)22(23,24)12-31-18-7-4-15(10-14(18)3)11-26-20(30)17-8-9-25-21(27-17)28-19(29)16-5-6-16/h4,7-10,16H,1,5-6,11-12H2,2-3H3,(H,26,30)(H,25,27,28,29). The van der Waals surface area contributed by atoms with E-state index in [2.05, 4.69) is 27.2 Å². The zero-order chi connectivity index (χ0) is 22.6. The molecule has 31 heavy (non-hydrogen) atoms. The van der Waals surface area contributed by atoms with Gasteiger partial charge in [-0.1, -0.05) is 18.7 Å². The molecule has 0 spiro atoms. The monoisotopic (exact) mass is 430 g/mol. The molecule has 0 aliphatic heterocycles. The third-order valence-corrected chi connectivity index (χ3v) is 4.80. The van der Waals surface area contributed by atoms with Crippen LogP contribution in [0.5, 0.6) is 5.75 Å². The molecule has 0 radical (unpaired) electrons. The fraction of sp³-hybridized carbons (Fsp3) is 0.364. The zero-order valence-electron chi connectivity index (χ0n) is 17.4. The first-order valence-corrected chi connectivity index (χ1v) is 9.84. The first-order valence-electron chi connectivity index (χ1n) is 9.84. The van der Waals surface area contributed by atoms with E-state index in [4.69, 9.17) is 4.74 Å². The van der Waals surface area contributed by atoms with Crippen molar-refractivity contribution in [1.82, 2.24) is 15.3 Å². The van der Waals surface area contributed by atoms with Gasteiger partial charge in [0.15, 0.2) is 6.61 Å². The van der Waals surface area contributed by atoms with Gasteiger partial charge in [0.05, 0.1) is 0 Å². The molecule has 1 aliphatic rings. The molecule has 0 unspecified atom stereocenters. The molecular weight excluding hydrogens is 406 g/mol. The summed E-state index contributed by atoms with van der Waals surface area (Å²) in [6.45, 7) is 5.68. The lowest BCUT2D eigenvalue weighted by atomic mass is 10.1. The quantitative estimate of drug-likeness (QED) is 0.593. The van der Waals surface area contributed by atoms with Gasteiger partial charge in [-0.2, -0.15) is 8.78 Å². The number of carbonyl (C=O) groups is 2. The number of aryl methyl sites for hydroxylation is 1. The smallest absolute Gasteiger partial charge is 0.302 e. The van der Waals surface area contributed by atoms with Crippen molar-refractivity contribution in [2.75, 3.05) is 11.9 Å². The summed E-state index contributed by atoms with van der Waals surface area (Å²) in [5.74, 6) is -3.24. The molecule has 7 nitrogen and oxygen atoms in total. The highest BCUT2D eigenvalue weighted by Crippen LogP contribution is 2.29. The molecular formula is C22H24F2N4O3. The van der Waals surface area contributed by atoms with Crippen LogP contribution in [0.25, 0.3) is 0 Å². The number of halogens is 2. The summed E-state index contributed by atoms with van der Waals surface area (Å²) in [7, 11) is 0. The Morgan fingerprint density at radius 3 is 2.68 bits per heavy atom. The third kappa shape index (κ3) is 6.07. The summed E-state index contributed by atoms with van der Waals surface area (Å²) in [4.78, 5) is 32.2. The molecule has 1 aromatic heterocycles. The minimum absolute atomic E-state index is 0.00305. The van der Waals surface area contributed by atoms with Gasteiger partial charge in [-0.15, -0.1) is 0 Å². The van der Waals surface area contributed by atoms with Crippen molar-refractivity contribution >= 4 is 17.8 Å². The van der Waals surface area contributed by atoms with Gasteiger partial charge in [-0.05, 0) is 55.5 Å². The van der Waals surface area contributed by atoms with Crippen molar-refractivity contribution in [3.63, 3.8) is 0 Å². The fourth-order valence-electron chi connectivity index (χ4n) is 2.65. The molecule has 3 rings (SSSR count). The van der Waals surface area contributed by atoms with E-state index in [0.717, 1.165) is 18.4 Å². The molecule has 1 fully saturated rings. The van der Waals surface area contributed by atoms with Crippen LogP contribution >= 0.6 is 0 Å². The highest BCUT2D eigenvalue weighted by molar-refractivity contribution is 5.94. The van der Waals surface area contributed by atoms with Crippen LogP contribution in [-0.2, 0) is 11.3 Å². The number of nitrogens with zero attached hydrogens (tertiary/aromatic N) is 2. The number of rotatable bonds is 9. The molecule has 2 aromatic rings. The van der Waals surface area contributed by atoms with Crippen molar-refractivity contribution in [3.05, 3.63) is 59.4 Å². The predicted octanol–water partition coefficient (Wildman–Crippen LogP) is 3.65. The third-order valence-electron chi connectivity index (χ3n) is 4.80. The second-order valence-corrected chi connectivity index (χ2v) is 7.58. The average Bonchev–Trinajstić information content (AvgIpc) is 3.57. The van der Waals surface area contributed by atoms with E-state index >= 15 is 0 Å². The van der Waals surface area contributed by atoms with Crippen molar-refractivity contribution in [3.8, 4) is 5.75 Å². The Morgan fingerprint density at radius 2 is 2.03 bits per heavy atom. The number of hydrogen-bond donors (Lipinski definition) is 2. The number of alkyl halides is 2. The molecule has 164 valence electrons. The van der Waals surface area contributed by atoms with Gasteiger partial charge < -0.3 is 10.1 Å². The number of nitrogens with one attached hydrogen (secondary N) is 2. The Labute approximate surface area is 178 Å². The maximum absolute atomic E-state index is 13.6. The average molecular weight is 430 g/mol. The summed E-state index contributed by atoms with van der Waals surface area (Å²) < 4.78 is 32.5. The van der Waals surface area contributed by atoms with Crippen LogP contribution in [0.4, 0.5) is 14.7 Å². The largest absolute Gasteiger partial charge is 0.487 e. The van der Waals surface area contributed by atoms with Gasteiger partial charge in [0.1, 0.15) is 11.4 Å². The lowest BCUT2D eigenvalue weighted by Crippen LogP contribution is -2.26. The molecule has 0 bridgehead atoms. The van der Waals surface area contributed by atoms with Crippen LogP contribution in [0.3, 0.4) is 0 Å². The van der Waals surface area contributed by atoms with E-state index in [9.17, 15) is 18.4 Å². The van der Waals surface area contributed by atoms with Crippen LogP contribution in [-0.4, -0.2) is 34.3 Å². The summed E-state index contributed by atoms with van der Waals surface area (Å²) >= 11 is 0. The van der Waals surface area contributed by atoms with Crippen LogP contribution in [0.15, 0.2) is 42.6 Å². The topological polar surface area (TPSA) is 93.2 Å². The van der Waals surface area contributed by atoms with E-state index in [1.807, 2.05) is 0 Å². The maximum Gasteiger partial charge on any atom is 0.302 e. The molecule has 1 saturated carbocycles. The van der Waals surface area contributed by atoms with E-state index in [1.165, 1.54) is 19.2 Å². The number of aromatic nitrogens is 2. The molecule has 1 aliphatic carbocycles. The Balaban J connectivity index is 1.56. The van der Waals surface area contributed by atoms with E-state index in [0.29, 0.717) is 11.3 Å². The van der Waals surface area contributed by atoms with Crippen molar-refractivity contribution < 1.29 is 23.1 Å². The number of carbonyl (C=O) groups excluding carboxylic acids is 2. The minimum Gasteiger partial charge on any atom is -0.487 e. The predicted molar refractivity (Wildman–Crippen MR) is 111 cm³/mol. The van der Waals surface area contributed by atoms with Gasteiger partial charge in [-0.25, -0.2) is 9.97 Å². The second-order valence-electron chi connectivity index (χ2n) is 7.58. The first kappa shape index (κ1) is 22.3. The Hall–Kier alpha value is -3.36. The lowest BCUT2D eigenvalue weighted by Gasteiger charge is -2.18. The summed E-state index contributed by atoms with van der Waals surface area (Å²) in [6.07, 6.45) is 3.11. The molecule has 1 heterocycles. The minimum atomic E-state index is -3.10. The lowest BCUT2D eigenvalue weighted by molar-refractivity contribution is -0.117. The second kappa shape index (κ2) is 9.20. The molecule has 1 aromatic carbocycles. The highest BCUT2D eigenvalue weighted by Gasteiger charge is 2.31. The summed E-state index contributed by atoms with van der Waals surface area (Å²) in [5.41, 5.74) is 1.29. The van der Waals surface area contributed by atoms with Crippen LogP contribution < -0.4 is 15.4 Å². The van der Waals surface area contributed by atoms with E-state index in [-0.39, 0.29) is 35.6 Å². The number of benzene rings is 1. The van der Waals surface area contributed by atoms with E-state index < -0.39 is 18.4 Å². The van der Waals surface area contributed by atoms with Crippen molar-refractivity contribution in [2.24, 2.45) is 5.92 Å². The first-order chi connectivity index (χ1) is 14.7. The molecule has 9 heteroatoms. The SMILES string of the molecule is C=C(C)C(F)(F)COc1ccc(CNC(=O)c2ccnc(NC(=O)C3CC3)n2)cc1C. The van der Waals surface area contributed by atoms with E-state index in [1.54, 1.807) is 25.1 Å². The number of amides is 2. The van der Waals surface area contributed by atoms with Gasteiger partial charge in [0.25, 0.3) is 5.91 Å². The number of ether oxygens (including phenoxy) is 1. The van der Waals surface area contributed by atoms with Gasteiger partial charge >= 0.3 is 5.92 Å². The Morgan fingerprint density at radius 1 is 1.29 bits per heavy atom. The Kier molecular flexibility index (Phi) is 6.62. The van der Waals surface area contributed by atoms with Crippen LogP contribution in [0.2, 0.25) is 0 Å².